The average Bonchev–Trinajstić information content (AvgIpc) is 2.97. The van der Waals surface area contributed by atoms with Gasteiger partial charge in [-0.3, -0.25) is 9.80 Å². The number of aromatic nitrogens is 2. The van der Waals surface area contributed by atoms with Crippen LogP contribution in [0.15, 0.2) is 28.8 Å². The van der Waals surface area contributed by atoms with Crippen molar-refractivity contribution in [1.29, 1.82) is 0 Å². The van der Waals surface area contributed by atoms with E-state index in [1.165, 1.54) is 0 Å². The van der Waals surface area contributed by atoms with Crippen molar-refractivity contribution in [3.8, 4) is 11.4 Å². The van der Waals surface area contributed by atoms with Crippen LogP contribution in [0.1, 0.15) is 18.4 Å². The van der Waals surface area contributed by atoms with E-state index in [0.29, 0.717) is 18.3 Å². The lowest BCUT2D eigenvalue weighted by Gasteiger charge is -2.34. The van der Waals surface area contributed by atoms with Gasteiger partial charge in [0.15, 0.2) is 0 Å². The summed E-state index contributed by atoms with van der Waals surface area (Å²) in [6, 6.07) is 8.05. The Bertz CT molecular complexity index is 633. The predicted molar refractivity (Wildman–Crippen MR) is 87.9 cm³/mol. The number of benzene rings is 1. The molecule has 0 aliphatic carbocycles. The zero-order valence-electron chi connectivity index (χ0n) is 13.8. The first-order chi connectivity index (χ1) is 11.1. The van der Waals surface area contributed by atoms with Crippen molar-refractivity contribution in [1.82, 2.24) is 19.9 Å². The lowest BCUT2D eigenvalue weighted by atomic mass is 10.1. The highest BCUT2D eigenvalue weighted by Crippen LogP contribution is 2.20. The van der Waals surface area contributed by atoms with E-state index in [1.54, 1.807) is 0 Å². The Hall–Kier alpha value is -1.76. The Morgan fingerprint density at radius 2 is 1.87 bits per heavy atom. The molecule has 0 amide bonds. The third kappa shape index (κ3) is 4.16. The van der Waals surface area contributed by atoms with Gasteiger partial charge in [0.1, 0.15) is 0 Å². The Morgan fingerprint density at radius 3 is 2.57 bits per heavy atom. The fraction of sp³-hybridized carbons (Fsp3) is 0.529. The number of β-amino-alcohol motifs (C(OH)–C–C–N with tert-alkyl or cyclic N) is 1. The minimum atomic E-state index is -0.269. The standard InChI is InChI=1S/C17H24N4O2/c1-13-5-3-4-6-15(13)17-18-16(23-19-17)12-21-9-7-20(8-10-21)11-14(2)22/h3-6,14,22H,7-12H2,1-2H3/t14-/m1/s1. The third-order valence-electron chi connectivity index (χ3n) is 4.20. The first-order valence-corrected chi connectivity index (χ1v) is 8.13. The number of aliphatic hydroxyl groups is 1. The van der Waals surface area contributed by atoms with Gasteiger partial charge in [-0.2, -0.15) is 4.98 Å². The summed E-state index contributed by atoms with van der Waals surface area (Å²) in [7, 11) is 0. The van der Waals surface area contributed by atoms with Crippen molar-refractivity contribution in [2.75, 3.05) is 32.7 Å². The first kappa shape index (κ1) is 16.1. The molecule has 0 spiro atoms. The van der Waals surface area contributed by atoms with Crippen LogP contribution in [-0.2, 0) is 6.54 Å². The highest BCUT2D eigenvalue weighted by atomic mass is 16.5. The van der Waals surface area contributed by atoms with Crippen molar-refractivity contribution in [2.24, 2.45) is 0 Å². The second-order valence-corrected chi connectivity index (χ2v) is 6.25. The van der Waals surface area contributed by atoms with Gasteiger partial charge in [0.25, 0.3) is 0 Å². The number of rotatable bonds is 5. The van der Waals surface area contributed by atoms with E-state index in [4.69, 9.17) is 4.52 Å². The molecular weight excluding hydrogens is 292 g/mol. The average molecular weight is 316 g/mol. The summed E-state index contributed by atoms with van der Waals surface area (Å²) in [5, 5.41) is 13.6. The number of nitrogens with zero attached hydrogens (tertiary/aromatic N) is 4. The third-order valence-corrected chi connectivity index (χ3v) is 4.20. The number of piperazine rings is 1. The second-order valence-electron chi connectivity index (χ2n) is 6.25. The molecule has 1 atom stereocenters. The summed E-state index contributed by atoms with van der Waals surface area (Å²) < 4.78 is 5.41. The van der Waals surface area contributed by atoms with Gasteiger partial charge in [-0.1, -0.05) is 29.4 Å². The van der Waals surface area contributed by atoms with Gasteiger partial charge in [0.05, 0.1) is 12.6 Å². The maximum Gasteiger partial charge on any atom is 0.241 e. The van der Waals surface area contributed by atoms with Crippen LogP contribution < -0.4 is 0 Å². The molecule has 2 heterocycles. The van der Waals surface area contributed by atoms with Crippen LogP contribution in [0, 0.1) is 6.92 Å². The van der Waals surface area contributed by atoms with Crippen LogP contribution in [0.4, 0.5) is 0 Å². The Kier molecular flexibility index (Phi) is 5.05. The Balaban J connectivity index is 1.57. The van der Waals surface area contributed by atoms with E-state index in [9.17, 15) is 5.11 Å². The summed E-state index contributed by atoms with van der Waals surface area (Å²) in [5.74, 6) is 1.32. The SMILES string of the molecule is Cc1ccccc1-c1noc(CN2CCN(C[C@@H](C)O)CC2)n1. The molecule has 3 rings (SSSR count). The molecule has 0 unspecified atom stereocenters. The van der Waals surface area contributed by atoms with Crippen LogP contribution in [0.3, 0.4) is 0 Å². The molecule has 124 valence electrons. The molecule has 1 saturated heterocycles. The lowest BCUT2D eigenvalue weighted by molar-refractivity contribution is 0.0737. The number of hydrogen-bond donors (Lipinski definition) is 1. The van der Waals surface area contributed by atoms with Gasteiger partial charge in [0, 0.05) is 38.3 Å². The van der Waals surface area contributed by atoms with Gasteiger partial charge in [0.2, 0.25) is 11.7 Å². The normalized spacial score (nSPS) is 18.2. The molecule has 1 aromatic carbocycles. The zero-order chi connectivity index (χ0) is 16.2. The van der Waals surface area contributed by atoms with E-state index in [2.05, 4.69) is 19.9 Å². The van der Waals surface area contributed by atoms with Gasteiger partial charge < -0.3 is 9.63 Å². The van der Waals surface area contributed by atoms with Crippen molar-refractivity contribution in [3.63, 3.8) is 0 Å². The molecule has 1 fully saturated rings. The molecular formula is C17H24N4O2. The van der Waals surface area contributed by atoms with Crippen molar-refractivity contribution >= 4 is 0 Å². The lowest BCUT2D eigenvalue weighted by Crippen LogP contribution is -2.47. The van der Waals surface area contributed by atoms with Gasteiger partial charge >= 0.3 is 0 Å². The Morgan fingerprint density at radius 1 is 1.17 bits per heavy atom. The molecule has 6 nitrogen and oxygen atoms in total. The number of aryl methyl sites for hydroxylation is 1. The molecule has 0 radical (unpaired) electrons. The summed E-state index contributed by atoms with van der Waals surface area (Å²) in [5.41, 5.74) is 2.16. The quantitative estimate of drug-likeness (QED) is 0.903. The fourth-order valence-electron chi connectivity index (χ4n) is 2.95. The topological polar surface area (TPSA) is 65.6 Å². The molecule has 1 aliphatic heterocycles. The van der Waals surface area contributed by atoms with Crippen molar-refractivity contribution in [2.45, 2.75) is 26.5 Å². The van der Waals surface area contributed by atoms with Crippen LogP contribution in [0.25, 0.3) is 11.4 Å². The molecule has 0 bridgehead atoms. The smallest absolute Gasteiger partial charge is 0.241 e. The predicted octanol–water partition coefficient (Wildman–Crippen LogP) is 1.54. The van der Waals surface area contributed by atoms with Gasteiger partial charge in [-0.25, -0.2) is 0 Å². The van der Waals surface area contributed by atoms with E-state index < -0.39 is 0 Å². The van der Waals surface area contributed by atoms with E-state index in [-0.39, 0.29) is 6.10 Å². The van der Waals surface area contributed by atoms with E-state index in [0.717, 1.165) is 43.9 Å². The molecule has 2 aromatic rings. The second kappa shape index (κ2) is 7.21. The summed E-state index contributed by atoms with van der Waals surface area (Å²) in [6.07, 6.45) is -0.269. The highest BCUT2D eigenvalue weighted by molar-refractivity contribution is 5.58. The molecule has 6 heteroatoms. The van der Waals surface area contributed by atoms with Crippen LogP contribution >= 0.6 is 0 Å². The number of hydrogen-bond acceptors (Lipinski definition) is 6. The molecule has 0 saturated carbocycles. The van der Waals surface area contributed by atoms with Crippen molar-refractivity contribution < 1.29 is 9.63 Å². The molecule has 1 N–H and O–H groups in total. The number of aliphatic hydroxyl groups excluding tert-OH is 1. The maximum atomic E-state index is 9.45. The monoisotopic (exact) mass is 316 g/mol. The van der Waals surface area contributed by atoms with E-state index in [1.807, 2.05) is 38.1 Å². The largest absolute Gasteiger partial charge is 0.392 e. The summed E-state index contributed by atoms with van der Waals surface area (Å²) >= 11 is 0. The van der Waals surface area contributed by atoms with Gasteiger partial charge in [-0.05, 0) is 19.4 Å². The van der Waals surface area contributed by atoms with E-state index >= 15 is 0 Å². The minimum absolute atomic E-state index is 0.269. The fourth-order valence-corrected chi connectivity index (χ4v) is 2.95. The van der Waals surface area contributed by atoms with Crippen LogP contribution in [-0.4, -0.2) is 63.9 Å². The highest BCUT2D eigenvalue weighted by Gasteiger charge is 2.20. The minimum Gasteiger partial charge on any atom is -0.392 e. The molecule has 1 aliphatic rings. The molecule has 23 heavy (non-hydrogen) atoms. The Labute approximate surface area is 136 Å². The van der Waals surface area contributed by atoms with Crippen LogP contribution in [0.2, 0.25) is 0 Å². The first-order valence-electron chi connectivity index (χ1n) is 8.13. The molecule has 1 aromatic heterocycles. The van der Waals surface area contributed by atoms with Crippen LogP contribution in [0.5, 0.6) is 0 Å². The summed E-state index contributed by atoms with van der Waals surface area (Å²) in [6.45, 7) is 9.13. The van der Waals surface area contributed by atoms with Crippen molar-refractivity contribution in [3.05, 3.63) is 35.7 Å². The maximum absolute atomic E-state index is 9.45. The van der Waals surface area contributed by atoms with Gasteiger partial charge in [-0.15, -0.1) is 0 Å². The summed E-state index contributed by atoms with van der Waals surface area (Å²) in [4.78, 5) is 9.13. The zero-order valence-corrected chi connectivity index (χ0v) is 13.8.